The number of nitrogens with one attached hydrogen (secondary N) is 1. The summed E-state index contributed by atoms with van der Waals surface area (Å²) >= 11 is 11.9. The summed E-state index contributed by atoms with van der Waals surface area (Å²) in [5.41, 5.74) is -3.93. The van der Waals surface area contributed by atoms with Gasteiger partial charge in [0, 0.05) is 6.07 Å². The van der Waals surface area contributed by atoms with Crippen LogP contribution >= 0.6 is 23.2 Å². The minimum absolute atomic E-state index is 0.0380. The van der Waals surface area contributed by atoms with E-state index in [-0.39, 0.29) is 45.4 Å². The van der Waals surface area contributed by atoms with Crippen LogP contribution in [0.3, 0.4) is 0 Å². The molecular formula is C20H11Cl2F6NO3S. The van der Waals surface area contributed by atoms with Crippen LogP contribution in [0.2, 0.25) is 10.0 Å². The molecule has 0 saturated carbocycles. The lowest BCUT2D eigenvalue weighted by Gasteiger charge is -2.17. The van der Waals surface area contributed by atoms with Crippen LogP contribution in [0.5, 0.6) is 11.5 Å². The van der Waals surface area contributed by atoms with Crippen molar-refractivity contribution in [2.24, 2.45) is 0 Å². The smallest absolute Gasteiger partial charge is 0.416 e. The quantitative estimate of drug-likeness (QED) is 0.346. The van der Waals surface area contributed by atoms with Crippen molar-refractivity contribution in [3.63, 3.8) is 0 Å². The number of alkyl halides is 6. The monoisotopic (exact) mass is 529 g/mol. The molecule has 0 fully saturated rings. The Morgan fingerprint density at radius 2 is 1.27 bits per heavy atom. The third-order valence-corrected chi connectivity index (χ3v) is 6.18. The molecule has 1 N–H and O–H groups in total. The second-order valence-corrected chi connectivity index (χ2v) is 9.02. The van der Waals surface area contributed by atoms with Crippen LogP contribution < -0.4 is 9.46 Å². The van der Waals surface area contributed by atoms with Crippen molar-refractivity contribution in [2.45, 2.75) is 17.2 Å². The molecule has 0 radical (unpaired) electrons. The first-order valence-corrected chi connectivity index (χ1v) is 10.9. The van der Waals surface area contributed by atoms with Gasteiger partial charge in [-0.2, -0.15) is 26.3 Å². The molecule has 0 aliphatic rings. The molecule has 4 nitrogen and oxygen atoms in total. The van der Waals surface area contributed by atoms with Gasteiger partial charge in [-0.15, -0.1) is 0 Å². The van der Waals surface area contributed by atoms with Gasteiger partial charge in [-0.05, 0) is 36.4 Å². The molecule has 0 spiro atoms. The number of benzene rings is 3. The van der Waals surface area contributed by atoms with Crippen molar-refractivity contribution in [1.82, 2.24) is 0 Å². The minimum atomic E-state index is -5.23. The van der Waals surface area contributed by atoms with Crippen molar-refractivity contribution in [3.05, 3.63) is 81.8 Å². The van der Waals surface area contributed by atoms with Crippen molar-refractivity contribution in [1.29, 1.82) is 0 Å². The molecule has 0 aliphatic carbocycles. The van der Waals surface area contributed by atoms with E-state index in [0.717, 1.165) is 12.1 Å². The highest BCUT2D eigenvalue weighted by atomic mass is 35.5. The van der Waals surface area contributed by atoms with Crippen LogP contribution in [0.4, 0.5) is 32.0 Å². The molecule has 0 saturated heterocycles. The highest BCUT2D eigenvalue weighted by Crippen LogP contribution is 2.40. The van der Waals surface area contributed by atoms with Crippen LogP contribution in [-0.2, 0) is 22.4 Å². The predicted molar refractivity (Wildman–Crippen MR) is 110 cm³/mol. The normalized spacial score (nSPS) is 12.5. The lowest BCUT2D eigenvalue weighted by atomic mass is 10.1. The second kappa shape index (κ2) is 8.96. The van der Waals surface area contributed by atoms with Crippen molar-refractivity contribution >= 4 is 38.9 Å². The molecule has 0 bridgehead atoms. The maximum atomic E-state index is 13.1. The summed E-state index contributed by atoms with van der Waals surface area (Å²) in [6.45, 7) is 0. The Kier molecular flexibility index (Phi) is 6.79. The average Bonchev–Trinajstić information content (AvgIpc) is 2.70. The molecule has 13 heteroatoms. The Morgan fingerprint density at radius 1 is 0.758 bits per heavy atom. The van der Waals surface area contributed by atoms with Gasteiger partial charge in [0.05, 0.1) is 31.8 Å². The SMILES string of the molecule is O=S(=O)(Nc1cc(Cl)c(Cl)cc1Oc1ccccc1)c1cc(C(F)(F)F)cc(C(F)(F)F)c1. The number of halogens is 8. The Balaban J connectivity index is 2.09. The summed E-state index contributed by atoms with van der Waals surface area (Å²) in [4.78, 5) is -1.26. The maximum absolute atomic E-state index is 13.1. The van der Waals surface area contributed by atoms with Gasteiger partial charge >= 0.3 is 12.4 Å². The molecule has 0 aromatic heterocycles. The summed E-state index contributed by atoms with van der Waals surface area (Å²) in [5.74, 6) is 0.0527. The zero-order valence-corrected chi connectivity index (χ0v) is 18.3. The molecular weight excluding hydrogens is 519 g/mol. The number of rotatable bonds is 5. The average molecular weight is 530 g/mol. The van der Waals surface area contributed by atoms with Gasteiger partial charge in [-0.1, -0.05) is 41.4 Å². The minimum Gasteiger partial charge on any atom is -0.455 e. The van der Waals surface area contributed by atoms with E-state index in [9.17, 15) is 34.8 Å². The first-order valence-electron chi connectivity index (χ1n) is 8.71. The molecule has 33 heavy (non-hydrogen) atoms. The third kappa shape index (κ3) is 6.04. The molecule has 0 aliphatic heterocycles. The number of para-hydroxylation sites is 1. The van der Waals surface area contributed by atoms with E-state index < -0.39 is 38.4 Å². The Bertz CT molecular complexity index is 1250. The van der Waals surface area contributed by atoms with Crippen molar-refractivity contribution < 1.29 is 39.5 Å². The number of anilines is 1. The predicted octanol–water partition coefficient (Wildman–Crippen LogP) is 7.62. The lowest BCUT2D eigenvalue weighted by molar-refractivity contribution is -0.143. The van der Waals surface area contributed by atoms with Gasteiger partial charge in [0.15, 0.2) is 5.75 Å². The van der Waals surface area contributed by atoms with Crippen LogP contribution in [0.1, 0.15) is 11.1 Å². The third-order valence-electron chi connectivity index (χ3n) is 4.11. The number of hydrogen-bond donors (Lipinski definition) is 1. The zero-order valence-electron chi connectivity index (χ0n) is 15.9. The fourth-order valence-corrected chi connectivity index (χ4v) is 4.04. The maximum Gasteiger partial charge on any atom is 0.416 e. The van der Waals surface area contributed by atoms with Crippen LogP contribution in [0, 0.1) is 0 Å². The topological polar surface area (TPSA) is 55.4 Å². The van der Waals surface area contributed by atoms with E-state index in [0.29, 0.717) is 0 Å². The van der Waals surface area contributed by atoms with Gasteiger partial charge in [-0.3, -0.25) is 4.72 Å². The summed E-state index contributed by atoms with van der Waals surface area (Å²) in [5, 5.41) is -0.182. The second-order valence-electron chi connectivity index (χ2n) is 6.52. The van der Waals surface area contributed by atoms with Gasteiger partial charge in [0.25, 0.3) is 10.0 Å². The molecule has 176 valence electrons. The highest BCUT2D eigenvalue weighted by molar-refractivity contribution is 7.92. The summed E-state index contributed by atoms with van der Waals surface area (Å²) in [7, 11) is -4.96. The van der Waals surface area contributed by atoms with Crippen LogP contribution in [-0.4, -0.2) is 8.42 Å². The molecule has 0 heterocycles. The van der Waals surface area contributed by atoms with Crippen molar-refractivity contribution in [3.8, 4) is 11.5 Å². The van der Waals surface area contributed by atoms with E-state index in [4.69, 9.17) is 27.9 Å². The zero-order chi connectivity index (χ0) is 24.6. The first kappa shape index (κ1) is 25.0. The Morgan fingerprint density at radius 3 is 1.79 bits per heavy atom. The molecule has 3 aromatic rings. The molecule has 3 rings (SSSR count). The van der Waals surface area contributed by atoms with Gasteiger partial charge in [0.2, 0.25) is 0 Å². The first-order chi connectivity index (χ1) is 15.2. The van der Waals surface area contributed by atoms with E-state index in [1.165, 1.54) is 12.1 Å². The van der Waals surface area contributed by atoms with Gasteiger partial charge < -0.3 is 4.74 Å². The molecule has 0 atom stereocenters. The fourth-order valence-electron chi connectivity index (χ4n) is 2.59. The van der Waals surface area contributed by atoms with Crippen LogP contribution in [0.25, 0.3) is 0 Å². The summed E-state index contributed by atoms with van der Waals surface area (Å²) in [6, 6.07) is 10.1. The molecule has 0 unspecified atom stereocenters. The number of sulfonamides is 1. The van der Waals surface area contributed by atoms with E-state index in [2.05, 4.69) is 0 Å². The summed E-state index contributed by atoms with van der Waals surface area (Å²) in [6.07, 6.45) is -10.5. The van der Waals surface area contributed by atoms with E-state index in [1.54, 1.807) is 18.2 Å². The highest BCUT2D eigenvalue weighted by Gasteiger charge is 2.38. The van der Waals surface area contributed by atoms with Crippen molar-refractivity contribution in [2.75, 3.05) is 4.72 Å². The number of ether oxygens (including phenoxy) is 1. The standard InChI is InChI=1S/C20H11Cl2F6NO3S/c21-15-9-17(18(10-16(15)22)32-13-4-2-1-3-5-13)29-33(30,31)14-7-11(19(23,24)25)6-12(8-14)20(26,27)28/h1-10,29H. The fraction of sp³-hybridized carbons (Fsp3) is 0.100. The lowest BCUT2D eigenvalue weighted by Crippen LogP contribution is -2.17. The van der Waals surface area contributed by atoms with Crippen LogP contribution in [0.15, 0.2) is 65.6 Å². The Labute approximate surface area is 193 Å². The van der Waals surface area contributed by atoms with E-state index >= 15 is 0 Å². The summed E-state index contributed by atoms with van der Waals surface area (Å²) < 4.78 is 112. The molecule has 0 amide bonds. The number of hydrogen-bond acceptors (Lipinski definition) is 3. The van der Waals surface area contributed by atoms with E-state index in [1.807, 2.05) is 4.72 Å². The molecule has 3 aromatic carbocycles. The Hall–Kier alpha value is -2.63. The largest absolute Gasteiger partial charge is 0.455 e. The van der Waals surface area contributed by atoms with Gasteiger partial charge in [-0.25, -0.2) is 8.42 Å². The van der Waals surface area contributed by atoms with Gasteiger partial charge in [0.1, 0.15) is 5.75 Å².